The number of sulfone groups is 1. The highest BCUT2D eigenvalue weighted by molar-refractivity contribution is 9.11. The number of benzene rings is 1. The van der Waals surface area contributed by atoms with Crippen molar-refractivity contribution in [3.05, 3.63) is 39.7 Å². The maximum Gasteiger partial charge on any atom is 0.271 e. The van der Waals surface area contributed by atoms with Gasteiger partial charge in [0.1, 0.15) is 4.21 Å². The number of thiophene rings is 1. The van der Waals surface area contributed by atoms with Crippen molar-refractivity contribution in [2.24, 2.45) is 0 Å². The van der Waals surface area contributed by atoms with Gasteiger partial charge in [-0.25, -0.2) is 16.8 Å². The summed E-state index contributed by atoms with van der Waals surface area (Å²) in [5.74, 6) is 0. The molecule has 0 fully saturated rings. The molecule has 0 unspecified atom stereocenters. The zero-order valence-corrected chi connectivity index (χ0v) is 15.2. The molecule has 1 N–H and O–H groups in total. The topological polar surface area (TPSA) is 80.3 Å². The van der Waals surface area contributed by atoms with Gasteiger partial charge in [0, 0.05) is 6.26 Å². The lowest BCUT2D eigenvalue weighted by atomic mass is 10.3. The van der Waals surface area contributed by atoms with Gasteiger partial charge in [-0.2, -0.15) is 0 Å². The molecule has 0 aliphatic carbocycles. The van der Waals surface area contributed by atoms with E-state index in [4.69, 9.17) is 0 Å². The number of nitrogens with one attached hydrogen (secondary N) is 1. The quantitative estimate of drug-likeness (QED) is 0.840. The molecule has 1 heterocycles. The number of hydrogen-bond donors (Lipinski definition) is 1. The van der Waals surface area contributed by atoms with Crippen LogP contribution in [0.25, 0.3) is 0 Å². The molecule has 0 saturated carbocycles. The Bertz CT molecular complexity index is 865. The molecule has 5 nitrogen and oxygen atoms in total. The fraction of sp³-hybridized carbons (Fsp3) is 0.167. The second kappa shape index (κ2) is 5.71. The van der Waals surface area contributed by atoms with E-state index in [1.165, 1.54) is 24.3 Å². The summed E-state index contributed by atoms with van der Waals surface area (Å²) in [6.07, 6.45) is 1.07. The van der Waals surface area contributed by atoms with Gasteiger partial charge in [-0.3, -0.25) is 4.72 Å². The third-order valence-electron chi connectivity index (χ3n) is 2.61. The van der Waals surface area contributed by atoms with Crippen LogP contribution in [0.5, 0.6) is 0 Å². The zero-order chi connectivity index (χ0) is 15.8. The first-order chi connectivity index (χ1) is 9.59. The molecule has 9 heteroatoms. The molecule has 0 spiro atoms. The molecule has 2 rings (SSSR count). The Kier molecular flexibility index (Phi) is 4.48. The molecule has 0 bridgehead atoms. The van der Waals surface area contributed by atoms with Crippen molar-refractivity contribution in [1.82, 2.24) is 0 Å². The van der Waals surface area contributed by atoms with E-state index in [1.807, 2.05) is 0 Å². The molecule has 1 aromatic heterocycles. The molecule has 0 radical (unpaired) electrons. The second-order valence-electron chi connectivity index (χ2n) is 4.43. The Balaban J connectivity index is 2.37. The summed E-state index contributed by atoms with van der Waals surface area (Å²) in [5.41, 5.74) is 1.03. The first-order valence-electron chi connectivity index (χ1n) is 5.68. The van der Waals surface area contributed by atoms with E-state index in [9.17, 15) is 16.8 Å². The van der Waals surface area contributed by atoms with Gasteiger partial charge in [-0.1, -0.05) is 6.07 Å². The molecule has 0 amide bonds. The summed E-state index contributed by atoms with van der Waals surface area (Å²) in [7, 11) is -7.12. The number of anilines is 1. The monoisotopic (exact) mass is 409 g/mol. The van der Waals surface area contributed by atoms with Crippen LogP contribution in [-0.4, -0.2) is 23.1 Å². The normalized spacial score (nSPS) is 12.3. The van der Waals surface area contributed by atoms with Gasteiger partial charge in [0.05, 0.1) is 14.4 Å². The van der Waals surface area contributed by atoms with Crippen LogP contribution < -0.4 is 4.72 Å². The molecule has 0 atom stereocenters. The van der Waals surface area contributed by atoms with Crippen molar-refractivity contribution in [2.75, 3.05) is 11.0 Å². The molecule has 0 aliphatic rings. The summed E-state index contributed by atoms with van der Waals surface area (Å²) in [5, 5.41) is 0. The van der Waals surface area contributed by atoms with Crippen LogP contribution >= 0.6 is 27.3 Å². The minimum absolute atomic E-state index is 0.0613. The molecule has 114 valence electrons. The van der Waals surface area contributed by atoms with E-state index in [0.717, 1.165) is 26.9 Å². The number of sulfonamides is 1. The van der Waals surface area contributed by atoms with E-state index in [1.54, 1.807) is 13.0 Å². The van der Waals surface area contributed by atoms with Crippen molar-refractivity contribution in [3.8, 4) is 0 Å². The molecular formula is C12H12BrNO4S3. The van der Waals surface area contributed by atoms with Gasteiger partial charge in [-0.05, 0) is 52.7 Å². The van der Waals surface area contributed by atoms with Crippen LogP contribution in [0.15, 0.2) is 43.2 Å². The van der Waals surface area contributed by atoms with E-state index >= 15 is 0 Å². The third kappa shape index (κ3) is 3.85. The highest BCUT2D eigenvalue weighted by atomic mass is 79.9. The fourth-order valence-electron chi connectivity index (χ4n) is 1.56. The maximum absolute atomic E-state index is 12.3. The van der Waals surface area contributed by atoms with E-state index in [0.29, 0.717) is 0 Å². The molecule has 0 saturated heterocycles. The van der Waals surface area contributed by atoms with Crippen molar-refractivity contribution >= 4 is 52.8 Å². The van der Waals surface area contributed by atoms with Crippen molar-refractivity contribution in [2.45, 2.75) is 16.0 Å². The smallest absolute Gasteiger partial charge is 0.271 e. The minimum atomic E-state index is -3.73. The summed E-state index contributed by atoms with van der Waals surface area (Å²) < 4.78 is 50.8. The SMILES string of the molecule is Cc1cc(S(=O)(=O)Nc2cccc(S(C)(=O)=O)c2)sc1Br. The Morgan fingerprint density at radius 1 is 1.14 bits per heavy atom. The standard InChI is InChI=1S/C12H12BrNO4S3/c1-8-6-11(19-12(8)13)21(17,18)14-9-4-3-5-10(7-9)20(2,15)16/h3-7,14H,1-2H3. The Morgan fingerprint density at radius 3 is 2.33 bits per heavy atom. The summed E-state index contributed by atoms with van der Waals surface area (Å²) >= 11 is 4.38. The minimum Gasteiger partial charge on any atom is -0.279 e. The van der Waals surface area contributed by atoms with Crippen LogP contribution in [0, 0.1) is 6.92 Å². The van der Waals surface area contributed by atoms with Crippen LogP contribution in [-0.2, 0) is 19.9 Å². The summed E-state index contributed by atoms with van der Waals surface area (Å²) in [6, 6.07) is 7.25. The Morgan fingerprint density at radius 2 is 1.81 bits per heavy atom. The Hall–Kier alpha value is -0.900. The number of halogens is 1. The summed E-state index contributed by atoms with van der Waals surface area (Å²) in [6.45, 7) is 1.80. The molecule has 2 aromatic rings. The predicted molar refractivity (Wildman–Crippen MR) is 87.1 cm³/mol. The van der Waals surface area contributed by atoms with Gasteiger partial charge in [0.15, 0.2) is 9.84 Å². The predicted octanol–water partition coefficient (Wildman–Crippen LogP) is 3.02. The van der Waals surface area contributed by atoms with Gasteiger partial charge in [0.25, 0.3) is 10.0 Å². The summed E-state index contributed by atoms with van der Waals surface area (Å²) in [4.78, 5) is 0.0613. The number of rotatable bonds is 4. The van der Waals surface area contributed by atoms with E-state index < -0.39 is 19.9 Å². The van der Waals surface area contributed by atoms with Gasteiger partial charge < -0.3 is 0 Å². The number of hydrogen-bond acceptors (Lipinski definition) is 5. The lowest BCUT2D eigenvalue weighted by Crippen LogP contribution is -2.12. The van der Waals surface area contributed by atoms with Crippen molar-refractivity contribution in [1.29, 1.82) is 0 Å². The molecule has 0 aliphatic heterocycles. The van der Waals surface area contributed by atoms with Crippen LogP contribution in [0.1, 0.15) is 5.56 Å². The van der Waals surface area contributed by atoms with Gasteiger partial charge in [-0.15, -0.1) is 11.3 Å². The molecule has 21 heavy (non-hydrogen) atoms. The highest BCUT2D eigenvalue weighted by Gasteiger charge is 2.19. The Labute approximate surface area is 136 Å². The fourth-order valence-corrected chi connectivity index (χ4v) is 5.50. The maximum atomic E-state index is 12.3. The second-order valence-corrected chi connectivity index (χ2v) is 10.7. The van der Waals surface area contributed by atoms with Crippen LogP contribution in [0.2, 0.25) is 0 Å². The van der Waals surface area contributed by atoms with Crippen LogP contribution in [0.3, 0.4) is 0 Å². The first-order valence-corrected chi connectivity index (χ1v) is 10.7. The van der Waals surface area contributed by atoms with E-state index in [2.05, 4.69) is 20.7 Å². The van der Waals surface area contributed by atoms with E-state index in [-0.39, 0.29) is 14.8 Å². The third-order valence-corrected chi connectivity index (χ3v) is 7.72. The lowest BCUT2D eigenvalue weighted by Gasteiger charge is -2.07. The average molecular weight is 410 g/mol. The molecular weight excluding hydrogens is 398 g/mol. The lowest BCUT2D eigenvalue weighted by molar-refractivity contribution is 0.600. The van der Waals surface area contributed by atoms with Crippen molar-refractivity contribution < 1.29 is 16.8 Å². The van der Waals surface area contributed by atoms with Gasteiger partial charge >= 0.3 is 0 Å². The van der Waals surface area contributed by atoms with Crippen molar-refractivity contribution in [3.63, 3.8) is 0 Å². The van der Waals surface area contributed by atoms with Crippen LogP contribution in [0.4, 0.5) is 5.69 Å². The largest absolute Gasteiger partial charge is 0.279 e. The highest BCUT2D eigenvalue weighted by Crippen LogP contribution is 2.31. The zero-order valence-electron chi connectivity index (χ0n) is 11.1. The molecule has 1 aromatic carbocycles. The van der Waals surface area contributed by atoms with Gasteiger partial charge in [0.2, 0.25) is 0 Å². The number of aryl methyl sites for hydroxylation is 1. The first kappa shape index (κ1) is 16.5. The average Bonchev–Trinajstić information content (AvgIpc) is 2.69.